The molecule has 0 saturated carbocycles. The van der Waals surface area contributed by atoms with Crippen LogP contribution in [0.4, 0.5) is 0 Å². The molecule has 0 aliphatic carbocycles. The minimum Gasteiger partial charge on any atom is -0.496 e. The number of aryl methyl sites for hydroxylation is 1. The molecule has 1 rings (SSSR count). The third-order valence-corrected chi connectivity index (χ3v) is 2.33. The van der Waals surface area contributed by atoms with Crippen LogP contribution < -0.4 is 10.1 Å². The first-order valence-electron chi connectivity index (χ1n) is 5.13. The second kappa shape index (κ2) is 5.73. The van der Waals surface area contributed by atoms with Crippen LogP contribution in [0.2, 0.25) is 0 Å². The lowest BCUT2D eigenvalue weighted by molar-refractivity contribution is 0.173. The average molecular weight is 209 g/mol. The Morgan fingerprint density at radius 1 is 1.47 bits per heavy atom. The molecule has 1 aromatic rings. The summed E-state index contributed by atoms with van der Waals surface area (Å²) in [5.74, 6) is 0.843. The highest BCUT2D eigenvalue weighted by Gasteiger charge is 2.09. The van der Waals surface area contributed by atoms with Crippen LogP contribution in [0, 0.1) is 6.92 Å². The molecule has 0 bridgehead atoms. The van der Waals surface area contributed by atoms with E-state index in [2.05, 4.69) is 11.4 Å². The Balaban J connectivity index is 2.77. The van der Waals surface area contributed by atoms with Crippen molar-refractivity contribution in [2.24, 2.45) is 0 Å². The van der Waals surface area contributed by atoms with Crippen molar-refractivity contribution in [1.29, 1.82) is 0 Å². The van der Waals surface area contributed by atoms with Crippen molar-refractivity contribution >= 4 is 0 Å². The van der Waals surface area contributed by atoms with Gasteiger partial charge in [0.15, 0.2) is 0 Å². The van der Waals surface area contributed by atoms with Crippen molar-refractivity contribution in [2.75, 3.05) is 20.7 Å². The zero-order valence-electron chi connectivity index (χ0n) is 9.58. The molecule has 0 radical (unpaired) electrons. The van der Waals surface area contributed by atoms with Crippen molar-refractivity contribution in [3.63, 3.8) is 0 Å². The van der Waals surface area contributed by atoms with E-state index in [1.165, 1.54) is 5.56 Å². The standard InChI is InChI=1S/C12H19NO2/c1-9-4-5-12(15-3)10(6-9)7-11(14)8-13-2/h4-6,11,13-14H,7-8H2,1-3H3. The van der Waals surface area contributed by atoms with E-state index in [0.29, 0.717) is 13.0 Å². The molecule has 0 saturated heterocycles. The fourth-order valence-electron chi connectivity index (χ4n) is 1.63. The Morgan fingerprint density at radius 3 is 2.80 bits per heavy atom. The lowest BCUT2D eigenvalue weighted by atomic mass is 10.0. The van der Waals surface area contributed by atoms with Crippen molar-refractivity contribution in [3.05, 3.63) is 29.3 Å². The van der Waals surface area contributed by atoms with Crippen LogP contribution in [0.1, 0.15) is 11.1 Å². The van der Waals surface area contributed by atoms with E-state index >= 15 is 0 Å². The molecule has 2 N–H and O–H groups in total. The van der Waals surface area contributed by atoms with Gasteiger partial charge >= 0.3 is 0 Å². The van der Waals surface area contributed by atoms with Gasteiger partial charge in [-0.15, -0.1) is 0 Å². The lowest BCUT2D eigenvalue weighted by Crippen LogP contribution is -2.25. The van der Waals surface area contributed by atoms with Gasteiger partial charge in [0.1, 0.15) is 5.75 Å². The first kappa shape index (κ1) is 12.0. The summed E-state index contributed by atoms with van der Waals surface area (Å²) in [5.41, 5.74) is 2.24. The van der Waals surface area contributed by atoms with E-state index in [1.807, 2.05) is 26.1 Å². The number of nitrogens with one attached hydrogen (secondary N) is 1. The highest BCUT2D eigenvalue weighted by molar-refractivity contribution is 5.37. The van der Waals surface area contributed by atoms with Gasteiger partial charge in [0.05, 0.1) is 13.2 Å². The van der Waals surface area contributed by atoms with Crippen LogP contribution in [0.15, 0.2) is 18.2 Å². The summed E-state index contributed by atoms with van der Waals surface area (Å²) in [5, 5.41) is 12.6. The molecule has 0 heterocycles. The molecule has 1 aromatic carbocycles. The number of aliphatic hydroxyl groups is 1. The van der Waals surface area contributed by atoms with Gasteiger partial charge in [-0.3, -0.25) is 0 Å². The van der Waals surface area contributed by atoms with E-state index < -0.39 is 0 Å². The molecular weight excluding hydrogens is 190 g/mol. The summed E-state index contributed by atoms with van der Waals surface area (Å²) in [7, 11) is 3.48. The van der Waals surface area contributed by atoms with Gasteiger partial charge in [-0.05, 0) is 25.6 Å². The van der Waals surface area contributed by atoms with Gasteiger partial charge < -0.3 is 15.2 Å². The minimum atomic E-state index is -0.370. The predicted octanol–water partition coefficient (Wildman–Crippen LogP) is 1.13. The zero-order valence-corrected chi connectivity index (χ0v) is 9.58. The molecule has 0 aliphatic heterocycles. The third kappa shape index (κ3) is 3.53. The van der Waals surface area contributed by atoms with Crippen molar-refractivity contribution < 1.29 is 9.84 Å². The molecule has 84 valence electrons. The Kier molecular flexibility index (Phi) is 4.59. The molecule has 0 fully saturated rings. The van der Waals surface area contributed by atoms with Gasteiger partial charge in [-0.2, -0.15) is 0 Å². The van der Waals surface area contributed by atoms with Crippen molar-refractivity contribution in [3.8, 4) is 5.75 Å². The zero-order chi connectivity index (χ0) is 11.3. The van der Waals surface area contributed by atoms with Crippen LogP contribution in [0.3, 0.4) is 0 Å². The summed E-state index contributed by atoms with van der Waals surface area (Å²) in [6, 6.07) is 6.00. The average Bonchev–Trinajstić information content (AvgIpc) is 2.18. The fourth-order valence-corrected chi connectivity index (χ4v) is 1.63. The smallest absolute Gasteiger partial charge is 0.122 e. The highest BCUT2D eigenvalue weighted by atomic mass is 16.5. The number of methoxy groups -OCH3 is 1. The Labute approximate surface area is 91.1 Å². The van der Waals surface area contributed by atoms with Gasteiger partial charge in [-0.25, -0.2) is 0 Å². The van der Waals surface area contributed by atoms with E-state index in [4.69, 9.17) is 4.74 Å². The van der Waals surface area contributed by atoms with Gasteiger partial charge in [0.25, 0.3) is 0 Å². The predicted molar refractivity (Wildman–Crippen MR) is 61.4 cm³/mol. The first-order valence-corrected chi connectivity index (χ1v) is 5.13. The summed E-state index contributed by atoms with van der Waals surface area (Å²) >= 11 is 0. The number of rotatable bonds is 5. The molecule has 1 atom stereocenters. The number of likely N-dealkylation sites (N-methyl/N-ethyl adjacent to an activating group) is 1. The van der Waals surface area contributed by atoms with Crippen LogP contribution >= 0.6 is 0 Å². The minimum absolute atomic E-state index is 0.370. The van der Waals surface area contributed by atoms with Gasteiger partial charge in [0, 0.05) is 13.0 Å². The first-order chi connectivity index (χ1) is 7.17. The Morgan fingerprint density at radius 2 is 2.20 bits per heavy atom. The number of aliphatic hydroxyl groups excluding tert-OH is 1. The number of hydrogen-bond donors (Lipinski definition) is 2. The van der Waals surface area contributed by atoms with Crippen molar-refractivity contribution in [2.45, 2.75) is 19.4 Å². The normalized spacial score (nSPS) is 12.5. The maximum Gasteiger partial charge on any atom is 0.122 e. The molecule has 0 spiro atoms. The summed E-state index contributed by atoms with van der Waals surface area (Å²) in [4.78, 5) is 0. The highest BCUT2D eigenvalue weighted by Crippen LogP contribution is 2.20. The van der Waals surface area contributed by atoms with E-state index in [9.17, 15) is 5.11 Å². The van der Waals surface area contributed by atoms with E-state index in [-0.39, 0.29) is 6.10 Å². The number of hydrogen-bond acceptors (Lipinski definition) is 3. The fraction of sp³-hybridized carbons (Fsp3) is 0.500. The Bertz CT molecular complexity index is 312. The second-order valence-electron chi connectivity index (χ2n) is 3.73. The Hall–Kier alpha value is -1.06. The SMILES string of the molecule is CNCC(O)Cc1cc(C)ccc1OC. The lowest BCUT2D eigenvalue weighted by Gasteiger charge is -2.13. The topological polar surface area (TPSA) is 41.5 Å². The van der Waals surface area contributed by atoms with Crippen LogP contribution in [-0.4, -0.2) is 31.9 Å². The molecule has 0 amide bonds. The molecule has 3 nitrogen and oxygen atoms in total. The molecule has 1 unspecified atom stereocenters. The molecule has 3 heteroatoms. The molecular formula is C12H19NO2. The van der Waals surface area contributed by atoms with Crippen LogP contribution in [-0.2, 0) is 6.42 Å². The third-order valence-electron chi connectivity index (χ3n) is 2.33. The monoisotopic (exact) mass is 209 g/mol. The summed E-state index contributed by atoms with van der Waals surface area (Å²) in [6.07, 6.45) is 0.247. The van der Waals surface area contributed by atoms with Gasteiger partial charge in [-0.1, -0.05) is 17.7 Å². The maximum atomic E-state index is 9.70. The molecule has 0 aromatic heterocycles. The quantitative estimate of drug-likeness (QED) is 0.763. The largest absolute Gasteiger partial charge is 0.496 e. The molecule has 15 heavy (non-hydrogen) atoms. The van der Waals surface area contributed by atoms with E-state index in [0.717, 1.165) is 11.3 Å². The van der Waals surface area contributed by atoms with Crippen molar-refractivity contribution in [1.82, 2.24) is 5.32 Å². The number of benzene rings is 1. The van der Waals surface area contributed by atoms with Crippen LogP contribution in [0.25, 0.3) is 0 Å². The van der Waals surface area contributed by atoms with E-state index in [1.54, 1.807) is 7.11 Å². The second-order valence-corrected chi connectivity index (χ2v) is 3.73. The maximum absolute atomic E-state index is 9.70. The van der Waals surface area contributed by atoms with Crippen LogP contribution in [0.5, 0.6) is 5.75 Å². The summed E-state index contributed by atoms with van der Waals surface area (Å²) < 4.78 is 5.25. The molecule has 0 aliphatic rings. The summed E-state index contributed by atoms with van der Waals surface area (Å²) in [6.45, 7) is 2.63. The van der Waals surface area contributed by atoms with Gasteiger partial charge in [0.2, 0.25) is 0 Å². The number of ether oxygens (including phenoxy) is 1.